The molecule has 0 unspecified atom stereocenters. The molecular formula is C3H6OS. The summed E-state index contributed by atoms with van der Waals surface area (Å²) < 4.78 is 0. The molecule has 1 rings (SSSR count). The summed E-state index contributed by atoms with van der Waals surface area (Å²) in [5.74, 6) is 0.417. The summed E-state index contributed by atoms with van der Waals surface area (Å²) in [7, 11) is 0. The summed E-state index contributed by atoms with van der Waals surface area (Å²) in [6.07, 6.45) is 1.69. The number of Topliss-reactive ketones (excluding diaryl/α,β-unsaturated/α-hetero) is 1. The van der Waals surface area contributed by atoms with Gasteiger partial charge in [0.2, 0.25) is 0 Å². The lowest BCUT2D eigenvalue weighted by Crippen LogP contribution is -1.44. The van der Waals surface area contributed by atoms with Crippen molar-refractivity contribution in [2.75, 3.05) is 0 Å². The molecule has 0 aliphatic heterocycles. The van der Waals surface area contributed by atoms with Crippen LogP contribution in [0.25, 0.3) is 0 Å². The van der Waals surface area contributed by atoms with Gasteiger partial charge in [0, 0.05) is 12.8 Å². The summed E-state index contributed by atoms with van der Waals surface area (Å²) in [5, 5.41) is 0. The van der Waals surface area contributed by atoms with Gasteiger partial charge < -0.3 is 0 Å². The molecule has 0 spiro atoms. The van der Waals surface area contributed by atoms with Gasteiger partial charge in [0.15, 0.2) is 0 Å². The molecule has 0 atom stereocenters. The lowest BCUT2D eigenvalue weighted by atomic mass is 10.9. The van der Waals surface area contributed by atoms with Crippen molar-refractivity contribution in [2.45, 2.75) is 12.8 Å². The van der Waals surface area contributed by atoms with Gasteiger partial charge >= 0.3 is 0 Å². The Hall–Kier alpha value is 0.0200. The Balaban J connectivity index is 0.000000160. The van der Waals surface area contributed by atoms with Crippen molar-refractivity contribution in [3.63, 3.8) is 0 Å². The minimum absolute atomic E-state index is 0. The topological polar surface area (TPSA) is 17.1 Å². The van der Waals surface area contributed by atoms with Gasteiger partial charge in [-0.15, -0.1) is 0 Å². The third-order valence-corrected chi connectivity index (χ3v) is 0.454. The van der Waals surface area contributed by atoms with Gasteiger partial charge in [-0.25, -0.2) is 0 Å². The highest BCUT2D eigenvalue weighted by atomic mass is 32.1. The molecule has 0 aromatic heterocycles. The second-order valence-electron chi connectivity index (χ2n) is 1.04. The molecule has 1 saturated carbocycles. The van der Waals surface area contributed by atoms with E-state index in [9.17, 15) is 4.79 Å². The second-order valence-corrected chi connectivity index (χ2v) is 1.04. The van der Waals surface area contributed by atoms with Crippen LogP contribution in [0.3, 0.4) is 0 Å². The van der Waals surface area contributed by atoms with Gasteiger partial charge in [-0.1, -0.05) is 0 Å². The van der Waals surface area contributed by atoms with Crippen molar-refractivity contribution in [3.8, 4) is 0 Å². The fourth-order valence-electron chi connectivity index (χ4n) is 0.0510. The fraction of sp³-hybridized carbons (Fsp3) is 0.667. The highest BCUT2D eigenvalue weighted by Gasteiger charge is 2.13. The highest BCUT2D eigenvalue weighted by molar-refractivity contribution is 7.59. The third-order valence-electron chi connectivity index (χ3n) is 0.454. The average molecular weight is 90.1 g/mol. The number of carbonyl (C=O) groups is 1. The number of hydrogen-bond acceptors (Lipinski definition) is 1. The minimum atomic E-state index is 0. The summed E-state index contributed by atoms with van der Waals surface area (Å²) in [4.78, 5) is 9.56. The van der Waals surface area contributed by atoms with E-state index in [1.54, 1.807) is 0 Å². The van der Waals surface area contributed by atoms with Gasteiger partial charge in [0.1, 0.15) is 5.78 Å². The molecule has 5 heavy (non-hydrogen) atoms. The average Bonchev–Trinajstić information content (AvgIpc) is 1.75. The lowest BCUT2D eigenvalue weighted by molar-refractivity contribution is -0.109. The smallest absolute Gasteiger partial charge is 0.133 e. The van der Waals surface area contributed by atoms with Gasteiger partial charge in [0.05, 0.1) is 0 Å². The standard InChI is InChI=1S/C3H4O.H2S/c4-3-1-2-3;/h1-2H2;1H2. The molecule has 1 aliphatic carbocycles. The maximum absolute atomic E-state index is 9.56. The molecule has 30 valence electrons. The third kappa shape index (κ3) is 1.80. The first-order valence-corrected chi connectivity index (χ1v) is 1.41. The van der Waals surface area contributed by atoms with Crippen LogP contribution >= 0.6 is 13.5 Å². The van der Waals surface area contributed by atoms with Crippen molar-refractivity contribution in [1.29, 1.82) is 0 Å². The Kier molecular flexibility index (Phi) is 1.46. The second kappa shape index (κ2) is 1.45. The van der Waals surface area contributed by atoms with Crippen LogP contribution in [0.4, 0.5) is 0 Å². The van der Waals surface area contributed by atoms with Crippen LogP contribution < -0.4 is 0 Å². The zero-order chi connectivity index (χ0) is 2.99. The van der Waals surface area contributed by atoms with Crippen LogP contribution in [0.1, 0.15) is 12.8 Å². The van der Waals surface area contributed by atoms with E-state index in [0.717, 1.165) is 12.8 Å². The molecule has 2 heteroatoms. The van der Waals surface area contributed by atoms with Crippen LogP contribution in [0.2, 0.25) is 0 Å². The lowest BCUT2D eigenvalue weighted by Gasteiger charge is -1.26. The van der Waals surface area contributed by atoms with E-state index in [0.29, 0.717) is 5.78 Å². The van der Waals surface area contributed by atoms with E-state index in [-0.39, 0.29) is 13.5 Å². The molecule has 1 aliphatic rings. The van der Waals surface area contributed by atoms with Crippen LogP contribution in [-0.4, -0.2) is 5.78 Å². The Morgan fingerprint density at radius 2 is 1.60 bits per heavy atom. The summed E-state index contributed by atoms with van der Waals surface area (Å²) in [5.41, 5.74) is 0. The number of ketones is 1. The Morgan fingerprint density at radius 1 is 1.40 bits per heavy atom. The molecule has 0 aromatic carbocycles. The Bertz CT molecular complexity index is 44.9. The van der Waals surface area contributed by atoms with Crippen LogP contribution in [0.5, 0.6) is 0 Å². The van der Waals surface area contributed by atoms with Gasteiger partial charge in [-0.3, -0.25) is 4.79 Å². The number of carbonyl (C=O) groups excluding carboxylic acids is 1. The highest BCUT2D eigenvalue weighted by Crippen LogP contribution is 2.08. The molecule has 0 radical (unpaired) electrons. The first-order chi connectivity index (χ1) is 1.89. The summed E-state index contributed by atoms with van der Waals surface area (Å²) in [6.45, 7) is 0. The maximum Gasteiger partial charge on any atom is 0.133 e. The number of hydrogen-bond donors (Lipinski definition) is 0. The Morgan fingerprint density at radius 3 is 1.60 bits per heavy atom. The predicted octanol–water partition coefficient (Wildman–Crippen LogP) is 0.462. The predicted molar refractivity (Wildman–Crippen MR) is 24.6 cm³/mol. The van der Waals surface area contributed by atoms with E-state index in [1.165, 1.54) is 0 Å². The molecule has 0 heterocycles. The van der Waals surface area contributed by atoms with Crippen LogP contribution in [0.15, 0.2) is 0 Å². The van der Waals surface area contributed by atoms with Gasteiger partial charge in [-0.05, 0) is 0 Å². The summed E-state index contributed by atoms with van der Waals surface area (Å²) in [6, 6.07) is 0. The van der Waals surface area contributed by atoms with E-state index in [2.05, 4.69) is 0 Å². The first-order valence-electron chi connectivity index (χ1n) is 1.41. The summed E-state index contributed by atoms with van der Waals surface area (Å²) >= 11 is 0. The minimum Gasteiger partial charge on any atom is -0.300 e. The molecule has 0 amide bonds. The van der Waals surface area contributed by atoms with E-state index in [4.69, 9.17) is 0 Å². The van der Waals surface area contributed by atoms with Crippen molar-refractivity contribution in [2.24, 2.45) is 0 Å². The maximum atomic E-state index is 9.56. The molecular weight excluding hydrogens is 84.1 g/mol. The molecule has 0 N–H and O–H groups in total. The molecule has 1 nitrogen and oxygen atoms in total. The van der Waals surface area contributed by atoms with Crippen molar-refractivity contribution < 1.29 is 4.79 Å². The van der Waals surface area contributed by atoms with Gasteiger partial charge in [-0.2, -0.15) is 13.5 Å². The molecule has 0 aromatic rings. The molecule has 0 saturated heterocycles. The largest absolute Gasteiger partial charge is 0.300 e. The van der Waals surface area contributed by atoms with Crippen molar-refractivity contribution in [3.05, 3.63) is 0 Å². The number of rotatable bonds is 0. The van der Waals surface area contributed by atoms with Crippen molar-refractivity contribution in [1.82, 2.24) is 0 Å². The van der Waals surface area contributed by atoms with E-state index < -0.39 is 0 Å². The monoisotopic (exact) mass is 90.0 g/mol. The SMILES string of the molecule is O=C1CC1.S. The van der Waals surface area contributed by atoms with Crippen LogP contribution in [0, 0.1) is 0 Å². The zero-order valence-electron chi connectivity index (χ0n) is 2.82. The van der Waals surface area contributed by atoms with Crippen LogP contribution in [-0.2, 0) is 4.79 Å². The van der Waals surface area contributed by atoms with E-state index >= 15 is 0 Å². The molecule has 1 fully saturated rings. The first kappa shape index (κ1) is 5.02. The Labute approximate surface area is 37.8 Å². The van der Waals surface area contributed by atoms with E-state index in [1.807, 2.05) is 0 Å². The quantitative estimate of drug-likeness (QED) is 0.422. The fourth-order valence-corrected chi connectivity index (χ4v) is 0.0510. The van der Waals surface area contributed by atoms with Gasteiger partial charge in [0.25, 0.3) is 0 Å². The normalized spacial score (nSPS) is 17.2. The zero-order valence-corrected chi connectivity index (χ0v) is 3.82. The molecule has 0 bridgehead atoms. The van der Waals surface area contributed by atoms with Crippen molar-refractivity contribution >= 4 is 19.3 Å².